The lowest BCUT2D eigenvalue weighted by atomic mass is 10.0. The highest BCUT2D eigenvalue weighted by atomic mass is 16.5. The van der Waals surface area contributed by atoms with Crippen molar-refractivity contribution in [1.82, 2.24) is 10.2 Å². The van der Waals surface area contributed by atoms with Gasteiger partial charge in [0, 0.05) is 6.54 Å². The van der Waals surface area contributed by atoms with E-state index in [2.05, 4.69) is 12.2 Å². The Morgan fingerprint density at radius 1 is 1.38 bits per heavy atom. The standard InChI is InChI=1S/C12H22N2O2/c1-9-8-16-10(2)7-14(9)12(15)11-5-3-4-6-13-11/h9-11,13H,3-8H2,1-2H3. The number of nitrogens with zero attached hydrogens (tertiary/aromatic N) is 1. The number of carbonyl (C=O) groups is 1. The Labute approximate surface area is 97.3 Å². The first-order chi connectivity index (χ1) is 7.68. The van der Waals surface area contributed by atoms with E-state index in [0.29, 0.717) is 6.61 Å². The van der Waals surface area contributed by atoms with Crippen molar-refractivity contribution in [2.75, 3.05) is 19.7 Å². The maximum Gasteiger partial charge on any atom is 0.240 e. The van der Waals surface area contributed by atoms with E-state index in [1.807, 2.05) is 11.8 Å². The van der Waals surface area contributed by atoms with Gasteiger partial charge in [-0.3, -0.25) is 4.79 Å². The number of piperidine rings is 1. The fraction of sp³-hybridized carbons (Fsp3) is 0.917. The first kappa shape index (κ1) is 11.9. The zero-order valence-electron chi connectivity index (χ0n) is 10.2. The van der Waals surface area contributed by atoms with E-state index < -0.39 is 0 Å². The summed E-state index contributed by atoms with van der Waals surface area (Å²) in [7, 11) is 0. The lowest BCUT2D eigenvalue weighted by molar-refractivity contribution is -0.146. The molecule has 2 saturated heterocycles. The summed E-state index contributed by atoms with van der Waals surface area (Å²) in [4.78, 5) is 14.3. The van der Waals surface area contributed by atoms with Gasteiger partial charge in [0.1, 0.15) is 0 Å². The smallest absolute Gasteiger partial charge is 0.240 e. The molecule has 0 aliphatic carbocycles. The lowest BCUT2D eigenvalue weighted by Crippen LogP contribution is -2.56. The molecule has 0 radical (unpaired) electrons. The van der Waals surface area contributed by atoms with Crippen LogP contribution in [-0.2, 0) is 9.53 Å². The van der Waals surface area contributed by atoms with Crippen LogP contribution in [0.15, 0.2) is 0 Å². The maximum atomic E-state index is 12.3. The van der Waals surface area contributed by atoms with Gasteiger partial charge in [-0.1, -0.05) is 6.42 Å². The topological polar surface area (TPSA) is 41.6 Å². The van der Waals surface area contributed by atoms with Crippen LogP contribution < -0.4 is 5.32 Å². The van der Waals surface area contributed by atoms with E-state index in [0.717, 1.165) is 25.9 Å². The molecule has 4 heteroatoms. The van der Waals surface area contributed by atoms with Gasteiger partial charge in [-0.2, -0.15) is 0 Å². The minimum atomic E-state index is 0.0431. The van der Waals surface area contributed by atoms with Crippen molar-refractivity contribution >= 4 is 5.91 Å². The molecule has 2 aliphatic heterocycles. The van der Waals surface area contributed by atoms with Gasteiger partial charge in [0.05, 0.1) is 24.8 Å². The van der Waals surface area contributed by atoms with Crippen LogP contribution in [0.3, 0.4) is 0 Å². The molecule has 2 aliphatic rings. The Morgan fingerprint density at radius 2 is 2.19 bits per heavy atom. The van der Waals surface area contributed by atoms with E-state index >= 15 is 0 Å². The molecule has 0 aromatic carbocycles. The van der Waals surface area contributed by atoms with E-state index in [-0.39, 0.29) is 24.1 Å². The normalized spacial score (nSPS) is 36.1. The van der Waals surface area contributed by atoms with Crippen molar-refractivity contribution in [3.05, 3.63) is 0 Å². The highest BCUT2D eigenvalue weighted by Gasteiger charge is 2.32. The number of hydrogen-bond acceptors (Lipinski definition) is 3. The molecule has 0 bridgehead atoms. The van der Waals surface area contributed by atoms with Crippen LogP contribution in [0.2, 0.25) is 0 Å². The monoisotopic (exact) mass is 226 g/mol. The van der Waals surface area contributed by atoms with Crippen LogP contribution in [0, 0.1) is 0 Å². The third-order valence-corrected chi connectivity index (χ3v) is 3.50. The van der Waals surface area contributed by atoms with Crippen LogP contribution in [-0.4, -0.2) is 48.7 Å². The maximum absolute atomic E-state index is 12.3. The first-order valence-corrected chi connectivity index (χ1v) is 6.34. The van der Waals surface area contributed by atoms with Crippen molar-refractivity contribution in [3.63, 3.8) is 0 Å². The van der Waals surface area contributed by atoms with Gasteiger partial charge in [-0.25, -0.2) is 0 Å². The third-order valence-electron chi connectivity index (χ3n) is 3.50. The molecule has 92 valence electrons. The fourth-order valence-electron chi connectivity index (χ4n) is 2.47. The Balaban J connectivity index is 1.96. The van der Waals surface area contributed by atoms with Crippen LogP contribution in [0.5, 0.6) is 0 Å². The summed E-state index contributed by atoms with van der Waals surface area (Å²) >= 11 is 0. The van der Waals surface area contributed by atoms with Gasteiger partial charge in [-0.05, 0) is 33.2 Å². The molecule has 2 heterocycles. The van der Waals surface area contributed by atoms with Gasteiger partial charge < -0.3 is 15.0 Å². The molecule has 3 atom stereocenters. The SMILES string of the molecule is CC1CN(C(=O)C2CCCCN2)C(C)CO1. The van der Waals surface area contributed by atoms with Crippen molar-refractivity contribution in [1.29, 1.82) is 0 Å². The summed E-state index contributed by atoms with van der Waals surface area (Å²) in [6.07, 6.45) is 3.51. The highest BCUT2D eigenvalue weighted by molar-refractivity contribution is 5.82. The van der Waals surface area contributed by atoms with Gasteiger partial charge in [0.2, 0.25) is 5.91 Å². The van der Waals surface area contributed by atoms with Crippen LogP contribution >= 0.6 is 0 Å². The predicted octanol–water partition coefficient (Wildman–Crippen LogP) is 0.764. The fourth-order valence-corrected chi connectivity index (χ4v) is 2.47. The average molecular weight is 226 g/mol. The molecule has 0 aromatic rings. The molecule has 2 fully saturated rings. The number of rotatable bonds is 1. The predicted molar refractivity (Wildman–Crippen MR) is 62.2 cm³/mol. The van der Waals surface area contributed by atoms with E-state index in [9.17, 15) is 4.79 Å². The van der Waals surface area contributed by atoms with Crippen molar-refractivity contribution in [2.24, 2.45) is 0 Å². The van der Waals surface area contributed by atoms with Crippen molar-refractivity contribution < 1.29 is 9.53 Å². The summed E-state index contributed by atoms with van der Waals surface area (Å²) in [5.41, 5.74) is 0. The highest BCUT2D eigenvalue weighted by Crippen LogP contribution is 2.16. The molecule has 3 unspecified atom stereocenters. The van der Waals surface area contributed by atoms with E-state index in [1.54, 1.807) is 0 Å². The molecule has 1 N–H and O–H groups in total. The second kappa shape index (κ2) is 5.15. The molecule has 16 heavy (non-hydrogen) atoms. The van der Waals surface area contributed by atoms with Gasteiger partial charge >= 0.3 is 0 Å². The summed E-state index contributed by atoms with van der Waals surface area (Å²) < 4.78 is 5.54. The molecule has 0 aromatic heterocycles. The number of morpholine rings is 1. The Morgan fingerprint density at radius 3 is 2.88 bits per heavy atom. The Bertz CT molecular complexity index is 251. The van der Waals surface area contributed by atoms with Gasteiger partial charge in [0.15, 0.2) is 0 Å². The number of hydrogen-bond donors (Lipinski definition) is 1. The Hall–Kier alpha value is -0.610. The largest absolute Gasteiger partial charge is 0.375 e. The summed E-state index contributed by atoms with van der Waals surface area (Å²) in [5, 5.41) is 3.32. The molecular weight excluding hydrogens is 204 g/mol. The average Bonchev–Trinajstić information content (AvgIpc) is 2.32. The second-order valence-electron chi connectivity index (χ2n) is 4.99. The summed E-state index contributed by atoms with van der Waals surface area (Å²) in [6, 6.07) is 0.258. The Kier molecular flexibility index (Phi) is 3.82. The summed E-state index contributed by atoms with van der Waals surface area (Å²) in [6.45, 7) is 6.47. The molecule has 0 saturated carbocycles. The molecule has 0 spiro atoms. The number of amides is 1. The number of nitrogens with one attached hydrogen (secondary N) is 1. The summed E-state index contributed by atoms with van der Waals surface area (Å²) in [5.74, 6) is 0.266. The van der Waals surface area contributed by atoms with Gasteiger partial charge in [0.25, 0.3) is 0 Å². The van der Waals surface area contributed by atoms with E-state index in [1.165, 1.54) is 6.42 Å². The van der Waals surface area contributed by atoms with Crippen LogP contribution in [0.1, 0.15) is 33.1 Å². The molecule has 1 amide bonds. The van der Waals surface area contributed by atoms with Gasteiger partial charge in [-0.15, -0.1) is 0 Å². The molecule has 4 nitrogen and oxygen atoms in total. The van der Waals surface area contributed by atoms with Crippen LogP contribution in [0.25, 0.3) is 0 Å². The van der Waals surface area contributed by atoms with E-state index in [4.69, 9.17) is 4.74 Å². The van der Waals surface area contributed by atoms with Crippen molar-refractivity contribution in [2.45, 2.75) is 51.3 Å². The third kappa shape index (κ3) is 2.55. The number of ether oxygens (including phenoxy) is 1. The van der Waals surface area contributed by atoms with Crippen molar-refractivity contribution in [3.8, 4) is 0 Å². The zero-order valence-corrected chi connectivity index (χ0v) is 10.2. The molecular formula is C12H22N2O2. The minimum absolute atomic E-state index is 0.0431. The molecule has 2 rings (SSSR count). The second-order valence-corrected chi connectivity index (χ2v) is 4.99. The quantitative estimate of drug-likeness (QED) is 0.718. The first-order valence-electron chi connectivity index (χ1n) is 6.34. The number of carbonyl (C=O) groups excluding carboxylic acids is 1. The minimum Gasteiger partial charge on any atom is -0.375 e. The lowest BCUT2D eigenvalue weighted by Gasteiger charge is -2.39. The van der Waals surface area contributed by atoms with Crippen LogP contribution in [0.4, 0.5) is 0 Å². The zero-order chi connectivity index (χ0) is 11.5.